The van der Waals surface area contributed by atoms with Crippen LogP contribution in [0.1, 0.15) is 60.3 Å². The summed E-state index contributed by atoms with van der Waals surface area (Å²) >= 11 is 0. The highest BCUT2D eigenvalue weighted by molar-refractivity contribution is 5.91. The molecule has 0 spiro atoms. The number of aromatic nitrogens is 3. The summed E-state index contributed by atoms with van der Waals surface area (Å²) in [5.41, 5.74) is 2.40. The molecule has 3 unspecified atom stereocenters. The lowest BCUT2D eigenvalue weighted by atomic mass is 9.79. The highest BCUT2D eigenvalue weighted by Gasteiger charge is 2.47. The maximum Gasteiger partial charge on any atom is 0.308 e. The molecule has 13 nitrogen and oxygen atoms in total. The minimum absolute atomic E-state index is 0.00159. The molecule has 0 radical (unpaired) electrons. The van der Waals surface area contributed by atoms with Crippen LogP contribution < -0.4 is 0 Å². The lowest BCUT2D eigenvalue weighted by Crippen LogP contribution is -2.63. The first kappa shape index (κ1) is 41.2. The molecule has 52 heavy (non-hydrogen) atoms. The number of carbonyl (C=O) groups is 3. The third-order valence-corrected chi connectivity index (χ3v) is 10.4. The van der Waals surface area contributed by atoms with Crippen molar-refractivity contribution in [3.05, 3.63) is 60.3 Å². The third kappa shape index (κ3) is 10.5. The van der Waals surface area contributed by atoms with Gasteiger partial charge in [0.15, 0.2) is 12.1 Å². The number of aliphatic hydroxyl groups excluding tert-OH is 3. The average molecular weight is 725 g/mol. The Balaban J connectivity index is 1.66. The van der Waals surface area contributed by atoms with Crippen molar-refractivity contribution in [2.24, 2.45) is 23.7 Å². The Kier molecular flexibility index (Phi) is 15.0. The van der Waals surface area contributed by atoms with Gasteiger partial charge in [0.05, 0.1) is 49.6 Å². The second-order valence-electron chi connectivity index (χ2n) is 14.6. The molecular formula is C39H56N4O9. The van der Waals surface area contributed by atoms with Gasteiger partial charge in [-0.2, -0.15) is 0 Å². The van der Waals surface area contributed by atoms with Gasteiger partial charge in [-0.05, 0) is 52.8 Å². The maximum absolute atomic E-state index is 13.5. The van der Waals surface area contributed by atoms with Crippen LogP contribution >= 0.6 is 0 Å². The molecule has 0 amide bonds. The number of aliphatic hydroxyl groups is 3. The molecule has 1 fully saturated rings. The van der Waals surface area contributed by atoms with Gasteiger partial charge in [0.25, 0.3) is 0 Å². The van der Waals surface area contributed by atoms with E-state index >= 15 is 0 Å². The quantitative estimate of drug-likeness (QED) is 0.255. The summed E-state index contributed by atoms with van der Waals surface area (Å²) < 4.78 is 20.1. The lowest BCUT2D eigenvalue weighted by molar-refractivity contribution is -0.304. The van der Waals surface area contributed by atoms with E-state index in [1.165, 1.54) is 6.08 Å². The normalized spacial score (nSPS) is 35.8. The first-order valence-corrected chi connectivity index (χ1v) is 18.2. The van der Waals surface area contributed by atoms with E-state index in [-0.39, 0.29) is 31.0 Å². The second kappa shape index (κ2) is 18.9. The van der Waals surface area contributed by atoms with Crippen LogP contribution in [0.15, 0.2) is 60.3 Å². The number of ketones is 1. The van der Waals surface area contributed by atoms with Crippen LogP contribution in [-0.4, -0.2) is 116 Å². The highest BCUT2D eigenvalue weighted by Crippen LogP contribution is 2.34. The Morgan fingerprint density at radius 3 is 2.42 bits per heavy atom. The van der Waals surface area contributed by atoms with Crippen molar-refractivity contribution >= 4 is 18.0 Å². The van der Waals surface area contributed by atoms with E-state index in [4.69, 9.17) is 14.2 Å². The highest BCUT2D eigenvalue weighted by atomic mass is 16.7. The van der Waals surface area contributed by atoms with Crippen LogP contribution in [-0.2, 0) is 35.1 Å². The largest absolute Gasteiger partial charge is 0.462 e. The van der Waals surface area contributed by atoms with Crippen molar-refractivity contribution in [1.82, 2.24) is 19.9 Å². The van der Waals surface area contributed by atoms with Crippen molar-refractivity contribution in [1.29, 1.82) is 0 Å². The summed E-state index contributed by atoms with van der Waals surface area (Å²) in [5, 5.41) is 42.3. The molecule has 3 heterocycles. The zero-order valence-electron chi connectivity index (χ0n) is 31.3. The Hall–Kier alpha value is -3.59. The summed E-state index contributed by atoms with van der Waals surface area (Å²) in [7, 11) is 3.46. The number of esters is 1. The Bertz CT molecular complexity index is 1530. The number of aldehydes is 1. The summed E-state index contributed by atoms with van der Waals surface area (Å²) in [6, 6.07) is 8.95. The third-order valence-electron chi connectivity index (χ3n) is 10.4. The predicted molar refractivity (Wildman–Crippen MR) is 193 cm³/mol. The monoisotopic (exact) mass is 724 g/mol. The zero-order chi connectivity index (χ0) is 38.1. The van der Waals surface area contributed by atoms with Crippen LogP contribution in [0, 0.1) is 23.7 Å². The molecular weight excluding hydrogens is 668 g/mol. The molecule has 4 rings (SSSR count). The van der Waals surface area contributed by atoms with Crippen molar-refractivity contribution in [2.75, 3.05) is 14.1 Å². The van der Waals surface area contributed by atoms with Gasteiger partial charge in [0.2, 0.25) is 0 Å². The molecule has 1 saturated heterocycles. The van der Waals surface area contributed by atoms with E-state index in [1.807, 2.05) is 56.5 Å². The number of allylic oxidation sites excluding steroid dienone is 3. The summed E-state index contributed by atoms with van der Waals surface area (Å²) in [6.45, 7) is 9.27. The van der Waals surface area contributed by atoms with Gasteiger partial charge in [-0.1, -0.05) is 74.0 Å². The molecule has 2 aliphatic rings. The number of benzene rings is 1. The van der Waals surface area contributed by atoms with Gasteiger partial charge in [-0.25, -0.2) is 0 Å². The van der Waals surface area contributed by atoms with E-state index in [1.54, 1.807) is 50.5 Å². The Labute approximate surface area is 306 Å². The summed E-state index contributed by atoms with van der Waals surface area (Å²) in [6.07, 6.45) is 1.13. The van der Waals surface area contributed by atoms with Gasteiger partial charge in [0, 0.05) is 29.7 Å². The Morgan fingerprint density at radius 1 is 1.06 bits per heavy atom. The molecule has 0 aliphatic carbocycles. The van der Waals surface area contributed by atoms with Gasteiger partial charge in [0.1, 0.15) is 24.2 Å². The fourth-order valence-corrected chi connectivity index (χ4v) is 7.27. The number of cyclic esters (lactones) is 1. The molecule has 12 atom stereocenters. The Morgan fingerprint density at radius 2 is 1.77 bits per heavy atom. The van der Waals surface area contributed by atoms with E-state index in [0.29, 0.717) is 18.7 Å². The van der Waals surface area contributed by atoms with Crippen molar-refractivity contribution in [2.45, 2.75) is 116 Å². The van der Waals surface area contributed by atoms with Crippen molar-refractivity contribution in [3.63, 3.8) is 0 Å². The fourth-order valence-electron chi connectivity index (χ4n) is 7.27. The molecule has 0 saturated carbocycles. The minimum Gasteiger partial charge on any atom is -0.462 e. The standard InChI is InChI=1S/C39H56N4O9/c1-8-33-29(21-43-22-30(40-41-43)27-12-10-9-11-13-27)18-23(2)14-15-31(45)24(3)19-28(16-17-44)38(25(4)32(46)20-34(47)51-33)52-39-37(49)35(42(6)7)36(48)26(5)50-39/h9-15,17-18,22,24-26,28-29,32-33,35-39,46,48-49H,8,16,19-21H2,1-7H3/b15-14+,23-18+/t24-,25+,26-,28+,29-,32-,33-,35?,36?,37?,38-,39+/m1/s1. The zero-order valence-corrected chi connectivity index (χ0v) is 31.3. The molecule has 13 heteroatoms. The van der Waals surface area contributed by atoms with Crippen LogP contribution in [0.4, 0.5) is 0 Å². The van der Waals surface area contributed by atoms with Gasteiger partial charge >= 0.3 is 5.97 Å². The number of rotatable bonds is 9. The maximum atomic E-state index is 13.5. The smallest absolute Gasteiger partial charge is 0.308 e. The number of ether oxygens (including phenoxy) is 3. The molecule has 1 aromatic heterocycles. The van der Waals surface area contributed by atoms with Crippen molar-refractivity contribution in [3.8, 4) is 11.3 Å². The predicted octanol–water partition coefficient (Wildman–Crippen LogP) is 3.37. The van der Waals surface area contributed by atoms with Gasteiger partial charge in [-0.15, -0.1) is 5.10 Å². The van der Waals surface area contributed by atoms with E-state index in [2.05, 4.69) is 10.3 Å². The van der Waals surface area contributed by atoms with Crippen LogP contribution in [0.25, 0.3) is 11.3 Å². The van der Waals surface area contributed by atoms with E-state index < -0.39 is 72.7 Å². The van der Waals surface area contributed by atoms with Crippen LogP contribution in [0.5, 0.6) is 0 Å². The summed E-state index contributed by atoms with van der Waals surface area (Å²) in [5.74, 6) is -2.98. The number of likely N-dealkylation sites (N-methyl/N-ethyl adjacent to an activating group) is 1. The minimum atomic E-state index is -1.28. The van der Waals surface area contributed by atoms with Crippen LogP contribution in [0.2, 0.25) is 0 Å². The number of carbonyl (C=O) groups excluding carboxylic acids is 3. The summed E-state index contributed by atoms with van der Waals surface area (Å²) in [4.78, 5) is 40.7. The molecule has 3 N–H and O–H groups in total. The first-order chi connectivity index (χ1) is 24.7. The molecule has 0 bridgehead atoms. The SMILES string of the molecule is CC[C@H]1OC(=O)C[C@@H](O)[C@H](C)[C@@H](O[C@@H]2O[C@H](C)C(O)C(N(C)C)C2O)[C@@H](CC=O)C[C@@H](C)C(=O)/C=C/C(C)=C/[C@@H]1Cn1cc(-c2ccccc2)nn1. The topological polar surface area (TPSA) is 174 Å². The molecule has 2 aliphatic heterocycles. The number of hydrogen-bond acceptors (Lipinski definition) is 12. The molecule has 2 aromatic rings. The number of nitrogens with zero attached hydrogens (tertiary/aromatic N) is 4. The van der Waals surface area contributed by atoms with Gasteiger partial charge < -0.3 is 39.2 Å². The van der Waals surface area contributed by atoms with Crippen molar-refractivity contribution < 1.29 is 43.9 Å². The number of hydrogen-bond donors (Lipinski definition) is 3. The van der Waals surface area contributed by atoms with Crippen LogP contribution in [0.3, 0.4) is 0 Å². The van der Waals surface area contributed by atoms with E-state index in [9.17, 15) is 29.7 Å². The average Bonchev–Trinajstić information content (AvgIpc) is 3.58. The fraction of sp³-hybridized carbons (Fsp3) is 0.615. The molecule has 286 valence electrons. The second-order valence-corrected chi connectivity index (χ2v) is 14.6. The lowest BCUT2D eigenvalue weighted by Gasteiger charge is -2.46. The van der Waals surface area contributed by atoms with E-state index in [0.717, 1.165) is 17.4 Å². The first-order valence-electron chi connectivity index (χ1n) is 18.2. The molecule has 1 aromatic carbocycles. The van der Waals surface area contributed by atoms with Gasteiger partial charge in [-0.3, -0.25) is 14.3 Å².